The van der Waals surface area contributed by atoms with Crippen LogP contribution in [-0.4, -0.2) is 198 Å². The van der Waals surface area contributed by atoms with Gasteiger partial charge >= 0.3 is 59.9 Å². The van der Waals surface area contributed by atoms with Crippen molar-refractivity contribution in [2.75, 3.05) is 68.8 Å². The van der Waals surface area contributed by atoms with Crippen molar-refractivity contribution >= 4 is 76.6 Å². The number of carboxylic acid groups (broad SMARTS) is 2. The smallest absolute Gasteiger partial charge is 0.407 e. The normalized spacial score (nSPS) is 13.5. The van der Waals surface area contributed by atoms with Gasteiger partial charge in [-0.3, -0.25) is 59.1 Å². The molecule has 556 valence electrons. The van der Waals surface area contributed by atoms with Crippen molar-refractivity contribution < 1.29 is 101 Å². The summed E-state index contributed by atoms with van der Waals surface area (Å²) >= 11 is 0. The lowest BCUT2D eigenvalue weighted by atomic mass is 9.99. The quantitative estimate of drug-likeness (QED) is 0.0267. The second-order valence-corrected chi connectivity index (χ2v) is 26.3. The molecule has 8 atom stereocenters. The van der Waals surface area contributed by atoms with Gasteiger partial charge in [-0.15, -0.1) is 0 Å². The zero-order valence-electron chi connectivity index (χ0n) is 61.3. The molecule has 0 saturated heterocycles. The highest BCUT2D eigenvalue weighted by Crippen LogP contribution is 2.17. The summed E-state index contributed by atoms with van der Waals surface area (Å²) in [7, 11) is 7.90. The fourth-order valence-corrected chi connectivity index (χ4v) is 8.71. The number of amides is 3. The Morgan fingerprint density at radius 2 is 0.773 bits per heavy atom. The van der Waals surface area contributed by atoms with Gasteiger partial charge in [0.25, 0.3) is 5.91 Å². The topological polar surface area (TPSA) is 426 Å². The lowest BCUT2D eigenvalue weighted by Gasteiger charge is -2.24. The Morgan fingerprint density at radius 3 is 1.15 bits per heavy atom. The third kappa shape index (κ3) is 46.2. The molecule has 0 aromatic heterocycles. The first-order valence-corrected chi connectivity index (χ1v) is 32.4. The van der Waals surface area contributed by atoms with Gasteiger partial charge in [0, 0.05) is 25.2 Å². The Labute approximate surface area is 574 Å². The van der Waals surface area contributed by atoms with E-state index in [0.29, 0.717) is 56.0 Å². The number of aliphatic carboxylic acids is 2. The van der Waals surface area contributed by atoms with E-state index in [4.69, 9.17) is 35.2 Å². The average Bonchev–Trinajstić information content (AvgIpc) is 0.873. The Balaban J connectivity index is -0.00000118. The maximum absolute atomic E-state index is 12.3. The van der Waals surface area contributed by atoms with Gasteiger partial charge in [0.1, 0.15) is 53.5 Å². The number of fused-ring (bicyclic) bond motifs is 1. The molecule has 3 amide bonds. The number of carbonyl (C=O) groups excluding carboxylic acids is 9. The third-order valence-electron chi connectivity index (χ3n) is 13.2. The first-order chi connectivity index (χ1) is 45.1. The monoisotopic (exact) mass is 1380 g/mol. The predicted octanol–water partition coefficient (Wildman–Crippen LogP) is 6.42. The van der Waals surface area contributed by atoms with Gasteiger partial charge < -0.3 is 75.5 Å². The standard InChI is InChI=1S/C21H26N2O5.C17H32N2O6.C12H24N2O4.C10H20N2O4.C8H16O2/c1-13(2)11-18(21(27)28)23-17(20(25)26)9-10-22-19(24)16-8-7-14-5-3-4-6-15(14)12-16;1-11(2)10-13(15(21)24-7)19-12(14(20)23-6)8-9-18-16(22)25-17(3,4)5;1-8(2)7-10(12(16)18-4)14-9(5-6-13)11(15)17-3;1-10(2,3)16-9(14)12-6-5-7(11)8(13)15-4;1-6(2)5-7(3)8(9)10-4/h3-8,12-13,17-18,23H,9-11H2,1-2H3,(H,22,24)(H,25,26)(H,27,28);11-13,19H,8-10H2,1-7H3,(H,18,22);8-10,14H,5-7,13H2,1-4H3;7H,5-6,11H2,1-4H3,(H,12,14);6-7H,5H2,1-4H3/t17-,18-;12-,13-;9-,10-;2*7-/m00001/s1. The highest BCUT2D eigenvalue weighted by atomic mass is 16.6. The van der Waals surface area contributed by atoms with Crippen molar-refractivity contribution in [2.24, 2.45) is 41.1 Å². The number of ether oxygens (including phenoxy) is 8. The Kier molecular flexibility index (Phi) is 48.7. The van der Waals surface area contributed by atoms with Crippen LogP contribution in [0, 0.1) is 29.6 Å². The van der Waals surface area contributed by atoms with Crippen LogP contribution in [0.3, 0.4) is 0 Å². The SMILES string of the molecule is CC(C)C[C@H](N[C@@H](CCNC(=O)c1ccc2ccccc2c1)C(=O)O)C(=O)O.COC(=O)[C@@H](N)CCNC(=O)OC(C)(C)C.COC(=O)[C@H](C)CC(C)C.COC(=O)[C@H](CCN)N[C@@H](CC(C)C)C(=O)OC.COC(=O)[C@H](CCNC(=O)OC(C)(C)C)N[C@@H](CC(C)C)C(=O)OC. The number of esters is 6. The number of nitrogens with two attached hydrogens (primary N) is 2. The van der Waals surface area contributed by atoms with Crippen LogP contribution in [-0.2, 0) is 76.3 Å². The largest absolute Gasteiger partial charge is 0.480 e. The van der Waals surface area contributed by atoms with E-state index in [9.17, 15) is 63.0 Å². The first-order valence-electron chi connectivity index (χ1n) is 32.4. The molecule has 2 rings (SSSR count). The Hall–Kier alpha value is -7.73. The number of alkyl carbamates (subject to hydrolysis) is 2. The van der Waals surface area contributed by atoms with E-state index in [1.165, 1.54) is 42.7 Å². The van der Waals surface area contributed by atoms with Gasteiger partial charge in [0.05, 0.1) is 48.6 Å². The van der Waals surface area contributed by atoms with Crippen molar-refractivity contribution in [3.05, 3.63) is 48.0 Å². The van der Waals surface area contributed by atoms with E-state index in [2.05, 4.69) is 60.0 Å². The number of rotatable bonds is 34. The van der Waals surface area contributed by atoms with E-state index >= 15 is 0 Å². The molecule has 12 N–H and O–H groups in total. The second kappa shape index (κ2) is 50.6. The number of carboxylic acids is 2. The minimum atomic E-state index is -1.14. The van der Waals surface area contributed by atoms with Crippen molar-refractivity contribution in [1.82, 2.24) is 31.9 Å². The molecule has 29 nitrogen and oxygen atoms in total. The van der Waals surface area contributed by atoms with Gasteiger partial charge in [0.2, 0.25) is 0 Å². The number of hydrogen-bond acceptors (Lipinski definition) is 24. The number of nitrogens with one attached hydrogen (secondary N) is 6. The van der Waals surface area contributed by atoms with Crippen molar-refractivity contribution in [2.45, 2.75) is 209 Å². The lowest BCUT2D eigenvalue weighted by molar-refractivity contribution is -0.148. The van der Waals surface area contributed by atoms with Crippen molar-refractivity contribution in [1.29, 1.82) is 0 Å². The van der Waals surface area contributed by atoms with Gasteiger partial charge in [-0.1, -0.05) is 92.6 Å². The average molecular weight is 1380 g/mol. The maximum atomic E-state index is 12.3. The number of benzene rings is 2. The van der Waals surface area contributed by atoms with E-state index < -0.39 is 101 Å². The summed E-state index contributed by atoms with van der Waals surface area (Å²) in [5, 5.41) is 37.0. The molecule has 0 aliphatic rings. The van der Waals surface area contributed by atoms with Crippen LogP contribution < -0.4 is 43.4 Å². The van der Waals surface area contributed by atoms with Gasteiger partial charge in [-0.2, -0.15) is 0 Å². The predicted molar refractivity (Wildman–Crippen MR) is 367 cm³/mol. The molecule has 0 spiro atoms. The van der Waals surface area contributed by atoms with E-state index in [0.717, 1.165) is 17.2 Å². The molecular weight excluding hydrogens is 1260 g/mol. The van der Waals surface area contributed by atoms with Crippen LogP contribution >= 0.6 is 0 Å². The van der Waals surface area contributed by atoms with Crippen molar-refractivity contribution in [3.63, 3.8) is 0 Å². The fraction of sp³-hybridized carbons (Fsp3) is 0.691. The van der Waals surface area contributed by atoms with E-state index in [1.807, 2.05) is 78.8 Å². The highest BCUT2D eigenvalue weighted by Gasteiger charge is 2.31. The number of hydrogen-bond donors (Lipinski definition) is 10. The van der Waals surface area contributed by atoms with Crippen LogP contribution in [0.2, 0.25) is 0 Å². The molecule has 29 heteroatoms. The minimum absolute atomic E-state index is 0.0463. The molecule has 0 aliphatic carbocycles. The molecule has 0 heterocycles. The summed E-state index contributed by atoms with van der Waals surface area (Å²) in [6, 6.07) is 7.83. The van der Waals surface area contributed by atoms with Crippen LogP contribution in [0.15, 0.2) is 42.5 Å². The molecule has 2 aromatic rings. The summed E-state index contributed by atoms with van der Waals surface area (Å²) in [5.41, 5.74) is 10.3. The number of carbonyl (C=O) groups is 11. The van der Waals surface area contributed by atoms with Gasteiger partial charge in [-0.25, -0.2) is 9.59 Å². The van der Waals surface area contributed by atoms with Gasteiger partial charge in [-0.05, 0) is 146 Å². The molecule has 0 saturated carbocycles. The Morgan fingerprint density at radius 1 is 0.423 bits per heavy atom. The van der Waals surface area contributed by atoms with Crippen LogP contribution in [0.25, 0.3) is 10.8 Å². The summed E-state index contributed by atoms with van der Waals surface area (Å²) < 4.78 is 38.1. The third-order valence-corrected chi connectivity index (χ3v) is 13.2. The van der Waals surface area contributed by atoms with Crippen LogP contribution in [0.4, 0.5) is 9.59 Å². The second-order valence-electron chi connectivity index (χ2n) is 26.3. The van der Waals surface area contributed by atoms with E-state index in [1.54, 1.807) is 53.7 Å². The van der Waals surface area contributed by atoms with Gasteiger partial charge in [0.15, 0.2) is 0 Å². The first kappa shape index (κ1) is 93.5. The summed E-state index contributed by atoms with van der Waals surface area (Å²) in [6.45, 7) is 29.3. The molecular formula is C68H118N8O21. The summed E-state index contributed by atoms with van der Waals surface area (Å²) in [6.07, 6.45) is 2.30. The summed E-state index contributed by atoms with van der Waals surface area (Å²) in [4.78, 5) is 127. The maximum Gasteiger partial charge on any atom is 0.407 e. The minimum Gasteiger partial charge on any atom is -0.480 e. The highest BCUT2D eigenvalue weighted by molar-refractivity contribution is 5.98. The molecule has 0 bridgehead atoms. The summed E-state index contributed by atoms with van der Waals surface area (Å²) in [5.74, 6) is -3.62. The molecule has 0 fully saturated rings. The molecule has 0 unspecified atom stereocenters. The zero-order valence-corrected chi connectivity index (χ0v) is 61.3. The van der Waals surface area contributed by atoms with Crippen LogP contribution in [0.5, 0.6) is 0 Å². The van der Waals surface area contributed by atoms with E-state index in [-0.39, 0.29) is 68.1 Å². The molecule has 0 aliphatic heterocycles. The molecule has 97 heavy (non-hydrogen) atoms. The van der Waals surface area contributed by atoms with Crippen molar-refractivity contribution in [3.8, 4) is 0 Å². The fourth-order valence-electron chi connectivity index (χ4n) is 8.71. The molecule has 0 radical (unpaired) electrons. The van der Waals surface area contributed by atoms with Crippen LogP contribution in [0.1, 0.15) is 166 Å². The Bertz CT molecular complexity index is 2680. The lowest BCUT2D eigenvalue weighted by Crippen LogP contribution is -2.49. The zero-order chi connectivity index (χ0) is 75.3. The number of methoxy groups -OCH3 is 6. The molecule has 2 aromatic carbocycles.